The molecule has 6 N–H and O–H groups in total. The fraction of sp³-hybridized carbons (Fsp3) is 0.412. The Hall–Kier alpha value is -3.11. The van der Waals surface area contributed by atoms with Gasteiger partial charge in [0.1, 0.15) is 18.3 Å². The second-order valence-electron chi connectivity index (χ2n) is 6.76. The van der Waals surface area contributed by atoms with Crippen LogP contribution in [-0.2, 0) is 24.3 Å². The molecule has 5 atom stereocenters. The number of ether oxygens (including phenoxy) is 1. The second kappa shape index (κ2) is 10.0. The van der Waals surface area contributed by atoms with Crippen molar-refractivity contribution < 1.29 is 48.1 Å². The van der Waals surface area contributed by atoms with Gasteiger partial charge in [-0.05, 0) is 12.1 Å². The molecule has 1 heterocycles. The Bertz CT molecular complexity index is 1030. The number of amides is 1. The first-order valence-corrected chi connectivity index (χ1v) is 10.5. The number of aliphatic carboxylic acids is 1. The standard InChI is InChI=1S/C17H21N3O11S/c1-8(22)18-14-9(6-12(17(25)26)31-16(14)15(24)11(23)7-21)19-32(29,30)13-5-3-2-4-10(13)20(27)28/h2-6,9,11,14-16,19,21,23-24H,7H2,1H3,(H,18,22)(H,25,26)/t9-,11?,14+,15+,16+/m0/s1. The normalized spacial score (nSPS) is 22.8. The van der Waals surface area contributed by atoms with Crippen molar-refractivity contribution in [2.45, 2.75) is 42.2 Å². The van der Waals surface area contributed by atoms with Gasteiger partial charge in [0.15, 0.2) is 4.90 Å². The third-order valence-electron chi connectivity index (χ3n) is 4.48. The fourth-order valence-corrected chi connectivity index (χ4v) is 4.43. The van der Waals surface area contributed by atoms with Crippen LogP contribution < -0.4 is 10.0 Å². The minimum absolute atomic E-state index is 0.726. The lowest BCUT2D eigenvalue weighted by molar-refractivity contribution is -0.387. The number of aliphatic hydroxyl groups is 3. The van der Waals surface area contributed by atoms with E-state index in [1.807, 2.05) is 0 Å². The van der Waals surface area contributed by atoms with Crippen LogP contribution in [-0.4, -0.2) is 82.6 Å². The van der Waals surface area contributed by atoms with Crippen LogP contribution >= 0.6 is 0 Å². The van der Waals surface area contributed by atoms with E-state index in [-0.39, 0.29) is 0 Å². The number of nitro groups is 1. The number of carbonyl (C=O) groups excluding carboxylic acids is 1. The summed E-state index contributed by atoms with van der Waals surface area (Å²) >= 11 is 0. The number of nitrogens with zero attached hydrogens (tertiary/aromatic N) is 1. The predicted octanol–water partition coefficient (Wildman–Crippen LogP) is -2.17. The van der Waals surface area contributed by atoms with Gasteiger partial charge in [-0.25, -0.2) is 17.9 Å². The Balaban J connectivity index is 2.56. The Labute approximate surface area is 181 Å². The van der Waals surface area contributed by atoms with Crippen LogP contribution in [0, 0.1) is 10.1 Å². The van der Waals surface area contributed by atoms with Gasteiger partial charge in [-0.3, -0.25) is 14.9 Å². The van der Waals surface area contributed by atoms with E-state index in [0.29, 0.717) is 0 Å². The number of nitrogens with one attached hydrogen (secondary N) is 2. The highest BCUT2D eigenvalue weighted by molar-refractivity contribution is 7.89. The summed E-state index contributed by atoms with van der Waals surface area (Å²) in [5.41, 5.74) is -0.752. The Morgan fingerprint density at radius 2 is 1.91 bits per heavy atom. The van der Waals surface area contributed by atoms with E-state index in [1.54, 1.807) is 0 Å². The number of carbonyl (C=O) groups is 2. The van der Waals surface area contributed by atoms with Crippen LogP contribution in [0.15, 0.2) is 41.0 Å². The zero-order valence-electron chi connectivity index (χ0n) is 16.5. The van der Waals surface area contributed by atoms with Gasteiger partial charge in [-0.2, -0.15) is 0 Å². The number of benzene rings is 1. The van der Waals surface area contributed by atoms with Crippen LogP contribution in [0.5, 0.6) is 0 Å². The number of sulfonamides is 1. The van der Waals surface area contributed by atoms with E-state index in [9.17, 15) is 43.4 Å². The van der Waals surface area contributed by atoms with Gasteiger partial charge in [0.25, 0.3) is 5.69 Å². The van der Waals surface area contributed by atoms with Crippen molar-refractivity contribution in [2.24, 2.45) is 0 Å². The van der Waals surface area contributed by atoms with Gasteiger partial charge in [-0.1, -0.05) is 12.1 Å². The smallest absolute Gasteiger partial charge is 0.370 e. The van der Waals surface area contributed by atoms with E-state index < -0.39 is 80.2 Å². The first kappa shape index (κ1) is 25.2. The SMILES string of the molecule is CC(=O)N[C@H]1[C@H]([C@H](O)C(O)CO)OC(C(=O)O)=C[C@@H]1NS(=O)(=O)c1ccccc1[N+](=O)[O-]. The number of para-hydroxylation sites is 1. The lowest BCUT2D eigenvalue weighted by Gasteiger charge is -2.39. The largest absolute Gasteiger partial charge is 0.478 e. The van der Waals surface area contributed by atoms with Crippen molar-refractivity contribution in [3.8, 4) is 0 Å². The molecule has 1 amide bonds. The summed E-state index contributed by atoms with van der Waals surface area (Å²) < 4.78 is 33.0. The Kier molecular flexibility index (Phi) is 7.87. The maximum atomic E-state index is 12.9. The molecule has 1 unspecified atom stereocenters. The molecule has 1 aliphatic rings. The lowest BCUT2D eigenvalue weighted by Crippen LogP contribution is -2.63. The molecule has 0 aromatic heterocycles. The Morgan fingerprint density at radius 3 is 2.44 bits per heavy atom. The zero-order valence-corrected chi connectivity index (χ0v) is 17.3. The predicted molar refractivity (Wildman–Crippen MR) is 105 cm³/mol. The molecule has 0 saturated heterocycles. The molecule has 2 rings (SSSR count). The van der Waals surface area contributed by atoms with Gasteiger partial charge in [0.2, 0.25) is 21.7 Å². The van der Waals surface area contributed by atoms with Crippen molar-refractivity contribution in [3.05, 3.63) is 46.2 Å². The Morgan fingerprint density at radius 1 is 1.28 bits per heavy atom. The fourth-order valence-electron chi connectivity index (χ4n) is 3.05. The summed E-state index contributed by atoms with van der Waals surface area (Å²) in [6, 6.07) is 1.35. The molecule has 0 saturated carbocycles. The molecule has 0 aliphatic carbocycles. The second-order valence-corrected chi connectivity index (χ2v) is 8.44. The molecule has 14 nitrogen and oxygen atoms in total. The molecular weight excluding hydrogens is 454 g/mol. The summed E-state index contributed by atoms with van der Waals surface area (Å²) in [5, 5.41) is 52.0. The van der Waals surface area contributed by atoms with Crippen LogP contribution in [0.3, 0.4) is 0 Å². The molecule has 0 radical (unpaired) electrons. The maximum Gasteiger partial charge on any atom is 0.370 e. The zero-order chi connectivity index (χ0) is 24.2. The van der Waals surface area contributed by atoms with E-state index in [2.05, 4.69) is 10.0 Å². The summed E-state index contributed by atoms with van der Waals surface area (Å²) in [4.78, 5) is 32.7. The highest BCUT2D eigenvalue weighted by Gasteiger charge is 2.45. The topological polar surface area (TPSA) is 226 Å². The molecule has 1 aliphatic heterocycles. The summed E-state index contributed by atoms with van der Waals surface area (Å²) in [6.45, 7) is 0.0997. The van der Waals surface area contributed by atoms with Crippen LogP contribution in [0.4, 0.5) is 5.69 Å². The van der Waals surface area contributed by atoms with Crippen LogP contribution in [0.2, 0.25) is 0 Å². The highest BCUT2D eigenvalue weighted by atomic mass is 32.2. The minimum Gasteiger partial charge on any atom is -0.478 e. The van der Waals surface area contributed by atoms with E-state index >= 15 is 0 Å². The number of hydrogen-bond acceptors (Lipinski definition) is 10. The first-order valence-electron chi connectivity index (χ1n) is 9.00. The van der Waals surface area contributed by atoms with Gasteiger partial charge in [0, 0.05) is 13.0 Å². The minimum atomic E-state index is -4.66. The molecule has 32 heavy (non-hydrogen) atoms. The van der Waals surface area contributed by atoms with Gasteiger partial charge in [-0.15, -0.1) is 0 Å². The van der Waals surface area contributed by atoms with Crippen LogP contribution in [0.25, 0.3) is 0 Å². The van der Waals surface area contributed by atoms with Crippen molar-refractivity contribution >= 4 is 27.6 Å². The third-order valence-corrected chi connectivity index (χ3v) is 5.98. The molecule has 1 aromatic carbocycles. The van der Waals surface area contributed by atoms with Crippen molar-refractivity contribution in [3.63, 3.8) is 0 Å². The van der Waals surface area contributed by atoms with Crippen LogP contribution in [0.1, 0.15) is 6.92 Å². The van der Waals surface area contributed by atoms with E-state index in [1.165, 1.54) is 12.1 Å². The number of rotatable bonds is 9. The molecule has 176 valence electrons. The lowest BCUT2D eigenvalue weighted by atomic mass is 9.92. The van der Waals surface area contributed by atoms with Crippen molar-refractivity contribution in [1.82, 2.24) is 10.0 Å². The van der Waals surface area contributed by atoms with Crippen molar-refractivity contribution in [2.75, 3.05) is 6.61 Å². The number of carboxylic acids is 1. The van der Waals surface area contributed by atoms with E-state index in [0.717, 1.165) is 25.1 Å². The number of aliphatic hydroxyl groups excluding tert-OH is 3. The molecular formula is C17H21N3O11S. The van der Waals surface area contributed by atoms with Gasteiger partial charge < -0.3 is 30.5 Å². The number of carboxylic acid groups (broad SMARTS) is 1. The average molecular weight is 475 g/mol. The van der Waals surface area contributed by atoms with E-state index in [4.69, 9.17) is 9.84 Å². The molecule has 15 heteroatoms. The number of nitro benzene ring substituents is 1. The first-order chi connectivity index (χ1) is 14.9. The maximum absolute atomic E-state index is 12.9. The van der Waals surface area contributed by atoms with Gasteiger partial charge >= 0.3 is 5.97 Å². The molecule has 0 fully saturated rings. The highest BCUT2D eigenvalue weighted by Crippen LogP contribution is 2.27. The molecule has 0 spiro atoms. The summed E-state index contributed by atoms with van der Waals surface area (Å²) in [6.07, 6.45) is -4.69. The monoisotopic (exact) mass is 475 g/mol. The summed E-state index contributed by atoms with van der Waals surface area (Å²) in [7, 11) is -4.66. The number of hydrogen-bond donors (Lipinski definition) is 6. The van der Waals surface area contributed by atoms with Crippen molar-refractivity contribution in [1.29, 1.82) is 0 Å². The molecule has 0 bridgehead atoms. The quantitative estimate of drug-likeness (QED) is 0.166. The third kappa shape index (κ3) is 5.57. The average Bonchev–Trinajstić information content (AvgIpc) is 2.72. The summed E-state index contributed by atoms with van der Waals surface area (Å²) in [5.74, 6) is -3.20. The molecule has 1 aromatic rings. The van der Waals surface area contributed by atoms with Gasteiger partial charge in [0.05, 0.1) is 23.6 Å².